The molecule has 1 N–H and O–H groups in total. The smallest absolute Gasteiger partial charge is 0.165 e. The summed E-state index contributed by atoms with van der Waals surface area (Å²) in [4.78, 5) is 3.86. The van der Waals surface area contributed by atoms with E-state index in [1.807, 2.05) is 19.9 Å². The predicted octanol–water partition coefficient (Wildman–Crippen LogP) is 2.60. The van der Waals surface area contributed by atoms with Gasteiger partial charge in [-0.15, -0.1) is 0 Å². The largest absolute Gasteiger partial charge is 0.364 e. The van der Waals surface area contributed by atoms with E-state index in [1.165, 1.54) is 11.6 Å². The van der Waals surface area contributed by atoms with E-state index in [0.717, 1.165) is 0 Å². The Labute approximate surface area is 77.5 Å². The highest BCUT2D eigenvalue weighted by Crippen LogP contribution is 2.07. The van der Waals surface area contributed by atoms with Gasteiger partial charge in [-0.2, -0.15) is 0 Å². The maximum Gasteiger partial charge on any atom is 0.165 e. The highest BCUT2D eigenvalue weighted by molar-refractivity contribution is 5.36. The van der Waals surface area contributed by atoms with Crippen LogP contribution in [0.15, 0.2) is 30.0 Å². The number of nitrogens with zero attached hydrogens (tertiary/aromatic N) is 1. The number of anilines is 1. The van der Waals surface area contributed by atoms with Crippen LogP contribution in [0.25, 0.3) is 0 Å². The molecule has 13 heavy (non-hydrogen) atoms. The van der Waals surface area contributed by atoms with Crippen molar-refractivity contribution in [2.75, 3.05) is 11.9 Å². The minimum atomic E-state index is -0.315. The summed E-state index contributed by atoms with van der Waals surface area (Å²) >= 11 is 0. The lowest BCUT2D eigenvalue weighted by atomic mass is 10.3. The Morgan fingerprint density at radius 3 is 3.00 bits per heavy atom. The fourth-order valence-corrected chi connectivity index (χ4v) is 0.868. The summed E-state index contributed by atoms with van der Waals surface area (Å²) in [6, 6.07) is 2.96. The van der Waals surface area contributed by atoms with Gasteiger partial charge >= 0.3 is 0 Å². The van der Waals surface area contributed by atoms with Crippen molar-refractivity contribution in [3.63, 3.8) is 0 Å². The van der Waals surface area contributed by atoms with Gasteiger partial charge in [0.1, 0.15) is 0 Å². The average Bonchev–Trinajstić information content (AvgIpc) is 2.08. The number of nitrogens with one attached hydrogen (secondary N) is 1. The van der Waals surface area contributed by atoms with Crippen LogP contribution in [0, 0.1) is 5.82 Å². The fraction of sp³-hybridized carbons (Fsp3) is 0.300. The molecule has 0 aromatic carbocycles. The van der Waals surface area contributed by atoms with Crippen LogP contribution in [0.5, 0.6) is 0 Å². The fourth-order valence-electron chi connectivity index (χ4n) is 0.868. The highest BCUT2D eigenvalue weighted by Gasteiger charge is 1.98. The van der Waals surface area contributed by atoms with Crippen LogP contribution in [0.3, 0.4) is 0 Å². The van der Waals surface area contributed by atoms with E-state index in [1.54, 1.807) is 12.3 Å². The van der Waals surface area contributed by atoms with Gasteiger partial charge in [0.05, 0.1) is 0 Å². The second-order valence-electron chi connectivity index (χ2n) is 3.00. The Kier molecular flexibility index (Phi) is 3.43. The SMILES string of the molecule is CC(C)=CCNc1ncccc1F. The van der Waals surface area contributed by atoms with Gasteiger partial charge in [-0.25, -0.2) is 9.37 Å². The molecule has 70 valence electrons. The molecule has 3 heteroatoms. The number of aromatic nitrogens is 1. The maximum atomic E-state index is 13.0. The number of hydrogen-bond acceptors (Lipinski definition) is 2. The molecule has 0 saturated heterocycles. The van der Waals surface area contributed by atoms with Gasteiger partial charge in [0, 0.05) is 12.7 Å². The Morgan fingerprint density at radius 2 is 2.38 bits per heavy atom. The molecule has 0 bridgehead atoms. The molecule has 0 aliphatic carbocycles. The lowest BCUT2D eigenvalue weighted by molar-refractivity contribution is 0.625. The molecule has 1 rings (SSSR count). The standard InChI is InChI=1S/C10H13FN2/c1-8(2)5-7-13-10-9(11)4-3-6-12-10/h3-6H,7H2,1-2H3,(H,12,13). The Hall–Kier alpha value is -1.38. The molecular formula is C10H13FN2. The maximum absolute atomic E-state index is 13.0. The van der Waals surface area contributed by atoms with Crippen LogP contribution < -0.4 is 5.32 Å². The van der Waals surface area contributed by atoms with Crippen molar-refractivity contribution < 1.29 is 4.39 Å². The summed E-state index contributed by atoms with van der Waals surface area (Å²) in [6.45, 7) is 4.60. The number of halogens is 1. The Morgan fingerprint density at radius 1 is 1.62 bits per heavy atom. The lowest BCUT2D eigenvalue weighted by Crippen LogP contribution is -2.02. The van der Waals surface area contributed by atoms with Gasteiger partial charge in [-0.3, -0.25) is 0 Å². The van der Waals surface area contributed by atoms with E-state index in [0.29, 0.717) is 12.4 Å². The van der Waals surface area contributed by atoms with Crippen molar-refractivity contribution in [1.82, 2.24) is 4.98 Å². The Balaban J connectivity index is 2.55. The van der Waals surface area contributed by atoms with Gasteiger partial charge in [0.25, 0.3) is 0 Å². The average molecular weight is 180 g/mol. The van der Waals surface area contributed by atoms with Crippen LogP contribution in [-0.4, -0.2) is 11.5 Å². The molecule has 0 amide bonds. The summed E-state index contributed by atoms with van der Waals surface area (Å²) in [6.07, 6.45) is 3.54. The number of hydrogen-bond donors (Lipinski definition) is 1. The molecule has 0 saturated carbocycles. The third-order valence-corrected chi connectivity index (χ3v) is 1.54. The van der Waals surface area contributed by atoms with E-state index in [9.17, 15) is 4.39 Å². The molecule has 0 aliphatic heterocycles. The van der Waals surface area contributed by atoms with E-state index in [-0.39, 0.29) is 5.82 Å². The first-order chi connectivity index (χ1) is 6.20. The van der Waals surface area contributed by atoms with E-state index in [2.05, 4.69) is 10.3 Å². The lowest BCUT2D eigenvalue weighted by Gasteiger charge is -2.02. The summed E-state index contributed by atoms with van der Waals surface area (Å²) in [5.74, 6) is -0.00958. The van der Waals surface area contributed by atoms with Crippen molar-refractivity contribution >= 4 is 5.82 Å². The minimum Gasteiger partial charge on any atom is -0.364 e. The zero-order valence-corrected chi connectivity index (χ0v) is 7.84. The highest BCUT2D eigenvalue weighted by atomic mass is 19.1. The van der Waals surface area contributed by atoms with Gasteiger partial charge in [0.15, 0.2) is 11.6 Å². The molecule has 0 aliphatic rings. The number of allylic oxidation sites excluding steroid dienone is 1. The van der Waals surface area contributed by atoms with Gasteiger partial charge in [-0.1, -0.05) is 11.6 Å². The normalized spacial score (nSPS) is 9.46. The van der Waals surface area contributed by atoms with Crippen LogP contribution in [0.1, 0.15) is 13.8 Å². The zero-order chi connectivity index (χ0) is 9.68. The van der Waals surface area contributed by atoms with Crippen molar-refractivity contribution in [1.29, 1.82) is 0 Å². The molecule has 2 nitrogen and oxygen atoms in total. The first-order valence-electron chi connectivity index (χ1n) is 4.18. The molecule has 1 heterocycles. The van der Waals surface area contributed by atoms with E-state index in [4.69, 9.17) is 0 Å². The second-order valence-corrected chi connectivity index (χ2v) is 3.00. The van der Waals surface area contributed by atoms with Crippen molar-refractivity contribution in [2.45, 2.75) is 13.8 Å². The van der Waals surface area contributed by atoms with Crippen LogP contribution in [-0.2, 0) is 0 Å². The van der Waals surface area contributed by atoms with Gasteiger partial charge < -0.3 is 5.32 Å². The molecule has 0 radical (unpaired) electrons. The monoisotopic (exact) mass is 180 g/mol. The first-order valence-corrected chi connectivity index (χ1v) is 4.18. The topological polar surface area (TPSA) is 24.9 Å². The van der Waals surface area contributed by atoms with E-state index >= 15 is 0 Å². The molecule has 0 spiro atoms. The summed E-state index contributed by atoms with van der Waals surface area (Å²) < 4.78 is 13.0. The molecular weight excluding hydrogens is 167 g/mol. The van der Waals surface area contributed by atoms with Gasteiger partial charge in [0.2, 0.25) is 0 Å². The quantitative estimate of drug-likeness (QED) is 0.723. The number of rotatable bonds is 3. The molecule has 1 aromatic heterocycles. The molecule has 1 aromatic rings. The van der Waals surface area contributed by atoms with Crippen LogP contribution in [0.2, 0.25) is 0 Å². The van der Waals surface area contributed by atoms with Crippen molar-refractivity contribution in [2.24, 2.45) is 0 Å². The summed E-state index contributed by atoms with van der Waals surface area (Å²) in [5, 5.41) is 2.88. The van der Waals surface area contributed by atoms with Crippen LogP contribution in [0.4, 0.5) is 10.2 Å². The third kappa shape index (κ3) is 3.23. The number of pyridine rings is 1. The third-order valence-electron chi connectivity index (χ3n) is 1.54. The summed E-state index contributed by atoms with van der Waals surface area (Å²) in [5.41, 5.74) is 1.20. The second kappa shape index (κ2) is 4.60. The summed E-state index contributed by atoms with van der Waals surface area (Å²) in [7, 11) is 0. The van der Waals surface area contributed by atoms with Crippen molar-refractivity contribution in [3.05, 3.63) is 35.8 Å². The molecule has 0 fully saturated rings. The Bertz CT molecular complexity index is 304. The zero-order valence-electron chi connectivity index (χ0n) is 7.84. The van der Waals surface area contributed by atoms with Crippen molar-refractivity contribution in [3.8, 4) is 0 Å². The van der Waals surface area contributed by atoms with E-state index < -0.39 is 0 Å². The molecule has 0 atom stereocenters. The first kappa shape index (κ1) is 9.71. The predicted molar refractivity (Wildman–Crippen MR) is 52.1 cm³/mol. The molecule has 0 unspecified atom stereocenters. The van der Waals surface area contributed by atoms with Gasteiger partial charge in [-0.05, 0) is 26.0 Å². The van der Waals surface area contributed by atoms with Crippen LogP contribution >= 0.6 is 0 Å². The minimum absolute atomic E-state index is 0.306.